The first-order valence-corrected chi connectivity index (χ1v) is 7.09. The third-order valence-corrected chi connectivity index (χ3v) is 4.02. The van der Waals surface area contributed by atoms with Crippen molar-refractivity contribution in [2.24, 2.45) is 0 Å². The highest BCUT2D eigenvalue weighted by atomic mass is 16.2. The van der Waals surface area contributed by atoms with Crippen molar-refractivity contribution in [1.82, 2.24) is 10.6 Å². The molecule has 0 bridgehead atoms. The smallest absolute Gasteiger partial charge is 0.230 e. The number of hydrogen-bond donors (Lipinski definition) is 2. The lowest BCUT2D eigenvalue weighted by Crippen LogP contribution is -2.50. The van der Waals surface area contributed by atoms with E-state index in [2.05, 4.69) is 23.6 Å². The first-order chi connectivity index (χ1) is 9.01. The summed E-state index contributed by atoms with van der Waals surface area (Å²) in [5.74, 6) is 0.121. The van der Waals surface area contributed by atoms with Crippen molar-refractivity contribution < 1.29 is 4.79 Å². The number of carbonyl (C=O) groups excluding carboxylic acids is 1. The Morgan fingerprint density at radius 2 is 2.11 bits per heavy atom. The molecule has 1 unspecified atom stereocenters. The zero-order valence-corrected chi connectivity index (χ0v) is 12.1. The lowest BCUT2D eigenvalue weighted by atomic mass is 9.81. The average Bonchev–Trinajstić information content (AvgIpc) is 2.40. The van der Waals surface area contributed by atoms with Crippen LogP contribution in [0.25, 0.3) is 0 Å². The van der Waals surface area contributed by atoms with E-state index in [0.29, 0.717) is 0 Å². The monoisotopic (exact) mass is 260 g/mol. The fraction of sp³-hybridized carbons (Fsp3) is 0.562. The van der Waals surface area contributed by atoms with Gasteiger partial charge in [0, 0.05) is 12.6 Å². The minimum absolute atomic E-state index is 0.121. The van der Waals surface area contributed by atoms with Gasteiger partial charge in [0.05, 0.1) is 5.41 Å². The molecule has 0 aliphatic carbocycles. The molecule has 1 aliphatic heterocycles. The molecule has 1 heterocycles. The molecule has 0 radical (unpaired) electrons. The van der Waals surface area contributed by atoms with Gasteiger partial charge in [0.15, 0.2) is 0 Å². The molecule has 3 nitrogen and oxygen atoms in total. The van der Waals surface area contributed by atoms with Gasteiger partial charge in [-0.1, -0.05) is 24.3 Å². The van der Waals surface area contributed by atoms with Crippen molar-refractivity contribution in [3.05, 3.63) is 35.4 Å². The van der Waals surface area contributed by atoms with E-state index in [1.54, 1.807) is 0 Å². The van der Waals surface area contributed by atoms with E-state index in [1.807, 2.05) is 32.0 Å². The van der Waals surface area contributed by atoms with Crippen molar-refractivity contribution in [2.75, 3.05) is 13.1 Å². The van der Waals surface area contributed by atoms with Gasteiger partial charge < -0.3 is 10.6 Å². The van der Waals surface area contributed by atoms with E-state index >= 15 is 0 Å². The molecular formula is C16H24N2O. The summed E-state index contributed by atoms with van der Waals surface area (Å²) >= 11 is 0. The van der Waals surface area contributed by atoms with Crippen molar-refractivity contribution in [1.29, 1.82) is 0 Å². The number of carbonyl (C=O) groups is 1. The van der Waals surface area contributed by atoms with E-state index in [1.165, 1.54) is 5.56 Å². The Hall–Kier alpha value is -1.35. The maximum Gasteiger partial charge on any atom is 0.230 e. The summed E-state index contributed by atoms with van der Waals surface area (Å²) in [7, 11) is 0. The van der Waals surface area contributed by atoms with Crippen LogP contribution in [0.4, 0.5) is 0 Å². The number of rotatable bonds is 3. The van der Waals surface area contributed by atoms with E-state index in [9.17, 15) is 4.79 Å². The van der Waals surface area contributed by atoms with Gasteiger partial charge >= 0.3 is 0 Å². The van der Waals surface area contributed by atoms with Gasteiger partial charge in [-0.2, -0.15) is 0 Å². The Morgan fingerprint density at radius 3 is 2.74 bits per heavy atom. The number of piperidine rings is 1. The quantitative estimate of drug-likeness (QED) is 0.874. The number of benzene rings is 1. The lowest BCUT2D eigenvalue weighted by Gasteiger charge is -2.30. The molecule has 1 fully saturated rings. The fourth-order valence-electron chi connectivity index (χ4n) is 2.74. The van der Waals surface area contributed by atoms with Crippen LogP contribution in [0.3, 0.4) is 0 Å². The summed E-state index contributed by atoms with van der Waals surface area (Å²) in [5, 5.41) is 6.51. The van der Waals surface area contributed by atoms with E-state index in [0.717, 1.165) is 31.5 Å². The Labute approximate surface area is 115 Å². The normalized spacial score (nSPS) is 20.1. The molecule has 0 spiro atoms. The second-order valence-electron chi connectivity index (χ2n) is 5.96. The highest BCUT2D eigenvalue weighted by molar-refractivity contribution is 5.88. The summed E-state index contributed by atoms with van der Waals surface area (Å²) in [6, 6.07) is 8.39. The second kappa shape index (κ2) is 5.74. The van der Waals surface area contributed by atoms with E-state index in [-0.39, 0.29) is 11.9 Å². The lowest BCUT2D eigenvalue weighted by molar-refractivity contribution is -0.126. The van der Waals surface area contributed by atoms with Crippen LogP contribution in [0.5, 0.6) is 0 Å². The molecule has 1 aromatic carbocycles. The first-order valence-electron chi connectivity index (χ1n) is 7.09. The average molecular weight is 260 g/mol. The molecule has 0 aromatic heterocycles. The highest BCUT2D eigenvalue weighted by Crippen LogP contribution is 2.26. The Kier molecular flexibility index (Phi) is 4.25. The van der Waals surface area contributed by atoms with Crippen LogP contribution in [0.1, 0.15) is 37.8 Å². The third kappa shape index (κ3) is 3.16. The van der Waals surface area contributed by atoms with E-state index < -0.39 is 5.41 Å². The Morgan fingerprint density at radius 1 is 1.37 bits per heavy atom. The zero-order valence-electron chi connectivity index (χ0n) is 12.1. The molecule has 104 valence electrons. The predicted octanol–water partition coefficient (Wildman–Crippen LogP) is 2.14. The van der Waals surface area contributed by atoms with Crippen LogP contribution in [0.2, 0.25) is 0 Å². The van der Waals surface area contributed by atoms with Crippen molar-refractivity contribution in [2.45, 2.75) is 45.1 Å². The van der Waals surface area contributed by atoms with Gasteiger partial charge in [0.1, 0.15) is 0 Å². The topological polar surface area (TPSA) is 41.1 Å². The van der Waals surface area contributed by atoms with E-state index in [4.69, 9.17) is 0 Å². The Bertz CT molecular complexity index is 448. The zero-order chi connectivity index (χ0) is 13.9. The van der Waals surface area contributed by atoms with Crippen LogP contribution in [0.15, 0.2) is 24.3 Å². The minimum Gasteiger partial charge on any atom is -0.351 e. The minimum atomic E-state index is -0.483. The number of aryl methyl sites for hydroxylation is 1. The molecule has 1 saturated heterocycles. The maximum atomic E-state index is 12.5. The molecule has 1 atom stereocenters. The van der Waals surface area contributed by atoms with Crippen molar-refractivity contribution >= 4 is 5.91 Å². The summed E-state index contributed by atoms with van der Waals surface area (Å²) in [6.07, 6.45) is 2.21. The SMILES string of the molecule is Cc1ccccc1C(C)(C)C(=O)NC1CCCNC1. The molecule has 1 aromatic rings. The Balaban J connectivity index is 2.10. The maximum absolute atomic E-state index is 12.5. The molecular weight excluding hydrogens is 236 g/mol. The van der Waals surface area contributed by atoms with Gasteiger partial charge in [0.2, 0.25) is 5.91 Å². The van der Waals surface area contributed by atoms with Gasteiger partial charge in [-0.25, -0.2) is 0 Å². The summed E-state index contributed by atoms with van der Waals surface area (Å²) in [6.45, 7) is 8.01. The van der Waals surface area contributed by atoms with Crippen LogP contribution in [-0.4, -0.2) is 25.0 Å². The fourth-order valence-corrected chi connectivity index (χ4v) is 2.74. The van der Waals surface area contributed by atoms with Gasteiger partial charge in [-0.3, -0.25) is 4.79 Å². The number of hydrogen-bond acceptors (Lipinski definition) is 2. The van der Waals surface area contributed by atoms with Gasteiger partial charge in [0.25, 0.3) is 0 Å². The van der Waals surface area contributed by atoms with Crippen molar-refractivity contribution in [3.8, 4) is 0 Å². The number of nitrogens with one attached hydrogen (secondary N) is 2. The first kappa shape index (κ1) is 14.1. The number of amides is 1. The molecule has 1 amide bonds. The standard InChI is InChI=1S/C16H24N2O/c1-12-7-4-5-9-14(12)16(2,3)15(19)18-13-8-6-10-17-11-13/h4-5,7,9,13,17H,6,8,10-11H2,1-3H3,(H,18,19). The van der Waals surface area contributed by atoms with Gasteiger partial charge in [-0.15, -0.1) is 0 Å². The van der Waals surface area contributed by atoms with Crippen LogP contribution < -0.4 is 10.6 Å². The second-order valence-corrected chi connectivity index (χ2v) is 5.96. The van der Waals surface area contributed by atoms with Gasteiger partial charge in [-0.05, 0) is 51.3 Å². The summed E-state index contributed by atoms with van der Waals surface area (Å²) in [5.41, 5.74) is 1.80. The summed E-state index contributed by atoms with van der Waals surface area (Å²) in [4.78, 5) is 12.5. The van der Waals surface area contributed by atoms with Crippen LogP contribution in [-0.2, 0) is 10.2 Å². The molecule has 3 heteroatoms. The van der Waals surface area contributed by atoms with Crippen molar-refractivity contribution in [3.63, 3.8) is 0 Å². The molecule has 19 heavy (non-hydrogen) atoms. The summed E-state index contributed by atoms with van der Waals surface area (Å²) < 4.78 is 0. The third-order valence-electron chi connectivity index (χ3n) is 4.02. The highest BCUT2D eigenvalue weighted by Gasteiger charge is 2.32. The molecule has 1 aliphatic rings. The predicted molar refractivity (Wildman–Crippen MR) is 78.2 cm³/mol. The van der Waals surface area contributed by atoms with Crippen LogP contribution >= 0.6 is 0 Å². The molecule has 0 saturated carbocycles. The molecule has 2 rings (SSSR count). The molecule has 2 N–H and O–H groups in total. The largest absolute Gasteiger partial charge is 0.351 e. The van der Waals surface area contributed by atoms with Crippen LogP contribution in [0, 0.1) is 6.92 Å².